The molecule has 0 aliphatic heterocycles. The Morgan fingerprint density at radius 1 is 1.53 bits per heavy atom. The van der Waals surface area contributed by atoms with Crippen LogP contribution < -0.4 is 4.74 Å². The zero-order chi connectivity index (χ0) is 11.3. The monoisotopic (exact) mass is 271 g/mol. The van der Waals surface area contributed by atoms with E-state index in [4.69, 9.17) is 4.74 Å². The molecule has 1 aromatic heterocycles. The molecule has 0 bridgehead atoms. The van der Waals surface area contributed by atoms with Crippen LogP contribution in [0.15, 0.2) is 22.8 Å². The highest BCUT2D eigenvalue weighted by Crippen LogP contribution is 2.20. The molecular formula is C10H10BrNO3. The summed E-state index contributed by atoms with van der Waals surface area (Å²) in [6.07, 6.45) is 4.52. The van der Waals surface area contributed by atoms with Gasteiger partial charge >= 0.3 is 5.97 Å². The average Bonchev–Trinajstić information content (AvgIpc) is 2.26. The van der Waals surface area contributed by atoms with Crippen LogP contribution in [0.2, 0.25) is 0 Å². The number of ether oxygens (including phenoxy) is 2. The molecule has 0 aliphatic rings. The lowest BCUT2D eigenvalue weighted by atomic mass is 10.2. The molecule has 0 saturated carbocycles. The van der Waals surface area contributed by atoms with Crippen molar-refractivity contribution >= 4 is 28.0 Å². The van der Waals surface area contributed by atoms with E-state index in [2.05, 4.69) is 25.7 Å². The van der Waals surface area contributed by atoms with Gasteiger partial charge in [-0.1, -0.05) is 0 Å². The minimum Gasteiger partial charge on any atom is -0.481 e. The molecule has 0 fully saturated rings. The molecule has 0 radical (unpaired) electrons. The van der Waals surface area contributed by atoms with Gasteiger partial charge in [0, 0.05) is 22.3 Å². The third-order valence-corrected chi connectivity index (χ3v) is 2.07. The van der Waals surface area contributed by atoms with E-state index in [1.165, 1.54) is 20.3 Å². The molecule has 0 aliphatic carbocycles. The molecule has 80 valence electrons. The van der Waals surface area contributed by atoms with E-state index in [1.807, 2.05) is 0 Å². The number of carbonyl (C=O) groups excluding carboxylic acids is 1. The molecular weight excluding hydrogens is 262 g/mol. The van der Waals surface area contributed by atoms with Crippen LogP contribution in [0.5, 0.6) is 5.88 Å². The summed E-state index contributed by atoms with van der Waals surface area (Å²) < 4.78 is 10.3. The Kier molecular flexibility index (Phi) is 4.30. The van der Waals surface area contributed by atoms with Gasteiger partial charge in [0.1, 0.15) is 0 Å². The van der Waals surface area contributed by atoms with E-state index in [1.54, 1.807) is 18.3 Å². The van der Waals surface area contributed by atoms with Crippen molar-refractivity contribution in [1.82, 2.24) is 4.98 Å². The van der Waals surface area contributed by atoms with Crippen molar-refractivity contribution < 1.29 is 14.3 Å². The third kappa shape index (κ3) is 3.36. The van der Waals surface area contributed by atoms with Gasteiger partial charge < -0.3 is 9.47 Å². The van der Waals surface area contributed by atoms with Crippen LogP contribution >= 0.6 is 15.9 Å². The Hall–Kier alpha value is -1.36. The normalized spacial score (nSPS) is 10.3. The summed E-state index contributed by atoms with van der Waals surface area (Å²) in [5.74, 6) is 0.0374. The molecule has 0 atom stereocenters. The van der Waals surface area contributed by atoms with Crippen molar-refractivity contribution in [3.8, 4) is 5.88 Å². The summed E-state index contributed by atoms with van der Waals surface area (Å²) in [7, 11) is 2.84. The zero-order valence-corrected chi connectivity index (χ0v) is 9.95. The maximum Gasteiger partial charge on any atom is 0.330 e. The Labute approximate surface area is 96.0 Å². The first-order valence-corrected chi connectivity index (χ1v) is 4.92. The number of esters is 1. The number of carbonyl (C=O) groups is 1. The molecule has 0 saturated heterocycles. The van der Waals surface area contributed by atoms with Crippen molar-refractivity contribution in [1.29, 1.82) is 0 Å². The topological polar surface area (TPSA) is 48.4 Å². The number of pyridine rings is 1. The number of hydrogen-bond acceptors (Lipinski definition) is 4. The summed E-state index contributed by atoms with van der Waals surface area (Å²) in [6.45, 7) is 0. The van der Waals surface area contributed by atoms with E-state index in [0.717, 1.165) is 4.47 Å². The summed E-state index contributed by atoms with van der Waals surface area (Å²) >= 11 is 3.28. The quantitative estimate of drug-likeness (QED) is 0.624. The van der Waals surface area contributed by atoms with Gasteiger partial charge in [-0.05, 0) is 28.1 Å². The van der Waals surface area contributed by atoms with Gasteiger partial charge in [-0.2, -0.15) is 0 Å². The molecule has 0 spiro atoms. The van der Waals surface area contributed by atoms with Crippen LogP contribution in [-0.2, 0) is 9.53 Å². The summed E-state index contributed by atoms with van der Waals surface area (Å²) in [5, 5.41) is 0. The number of nitrogens with zero attached hydrogens (tertiary/aromatic N) is 1. The minimum atomic E-state index is -0.419. The number of aromatic nitrogens is 1. The van der Waals surface area contributed by atoms with Crippen LogP contribution in [0.3, 0.4) is 0 Å². The fourth-order valence-corrected chi connectivity index (χ4v) is 1.31. The minimum absolute atomic E-state index is 0.419. The molecule has 0 unspecified atom stereocenters. The fourth-order valence-electron chi connectivity index (χ4n) is 0.958. The Bertz CT molecular complexity index is 390. The van der Waals surface area contributed by atoms with Gasteiger partial charge in [0.2, 0.25) is 5.88 Å². The summed E-state index contributed by atoms with van der Waals surface area (Å²) in [5.41, 5.74) is 0.706. The van der Waals surface area contributed by atoms with E-state index in [0.29, 0.717) is 11.4 Å². The van der Waals surface area contributed by atoms with Crippen molar-refractivity contribution in [2.24, 2.45) is 0 Å². The van der Waals surface area contributed by atoms with Crippen LogP contribution in [-0.4, -0.2) is 25.2 Å². The molecule has 1 aromatic rings. The van der Waals surface area contributed by atoms with Crippen molar-refractivity contribution in [2.45, 2.75) is 0 Å². The molecule has 1 rings (SSSR count). The van der Waals surface area contributed by atoms with Gasteiger partial charge in [-0.25, -0.2) is 9.78 Å². The van der Waals surface area contributed by atoms with Crippen LogP contribution in [0.25, 0.3) is 6.08 Å². The average molecular weight is 272 g/mol. The van der Waals surface area contributed by atoms with E-state index >= 15 is 0 Å². The van der Waals surface area contributed by atoms with Crippen molar-refractivity contribution in [3.05, 3.63) is 28.4 Å². The van der Waals surface area contributed by atoms with Gasteiger partial charge in [0.15, 0.2) is 0 Å². The lowest BCUT2D eigenvalue weighted by Gasteiger charge is -2.03. The lowest BCUT2D eigenvalue weighted by molar-refractivity contribution is -0.134. The zero-order valence-electron chi connectivity index (χ0n) is 8.36. The van der Waals surface area contributed by atoms with Crippen LogP contribution in [0, 0.1) is 0 Å². The highest BCUT2D eigenvalue weighted by molar-refractivity contribution is 9.10. The van der Waals surface area contributed by atoms with Crippen LogP contribution in [0.1, 0.15) is 5.56 Å². The maximum absolute atomic E-state index is 10.9. The SMILES string of the molecule is COC(=O)/C=C/c1cc(Br)cnc1OC. The highest BCUT2D eigenvalue weighted by atomic mass is 79.9. The predicted molar refractivity (Wildman–Crippen MR) is 59.5 cm³/mol. The highest BCUT2D eigenvalue weighted by Gasteiger charge is 2.02. The first-order valence-electron chi connectivity index (χ1n) is 4.13. The second-order valence-corrected chi connectivity index (χ2v) is 3.52. The van der Waals surface area contributed by atoms with Crippen molar-refractivity contribution in [3.63, 3.8) is 0 Å². The van der Waals surface area contributed by atoms with E-state index < -0.39 is 5.97 Å². The van der Waals surface area contributed by atoms with E-state index in [9.17, 15) is 4.79 Å². The maximum atomic E-state index is 10.9. The molecule has 0 amide bonds. The van der Waals surface area contributed by atoms with E-state index in [-0.39, 0.29) is 0 Å². The standard InChI is InChI=1S/C10H10BrNO3/c1-14-9(13)4-3-7-5-8(11)6-12-10(7)15-2/h3-6H,1-2H3/b4-3+. The molecule has 4 nitrogen and oxygen atoms in total. The second-order valence-electron chi connectivity index (χ2n) is 2.61. The molecule has 5 heteroatoms. The molecule has 15 heavy (non-hydrogen) atoms. The third-order valence-electron chi connectivity index (χ3n) is 1.64. The van der Waals surface area contributed by atoms with Crippen molar-refractivity contribution in [2.75, 3.05) is 14.2 Å². The van der Waals surface area contributed by atoms with Gasteiger partial charge in [0.25, 0.3) is 0 Å². The largest absolute Gasteiger partial charge is 0.481 e. The Morgan fingerprint density at radius 2 is 2.27 bits per heavy atom. The molecule has 0 aromatic carbocycles. The Morgan fingerprint density at radius 3 is 2.87 bits per heavy atom. The summed E-state index contributed by atoms with van der Waals surface area (Å²) in [4.78, 5) is 14.9. The number of methoxy groups -OCH3 is 2. The van der Waals surface area contributed by atoms with Gasteiger partial charge in [-0.15, -0.1) is 0 Å². The summed E-state index contributed by atoms with van der Waals surface area (Å²) in [6, 6.07) is 1.80. The molecule has 0 N–H and O–H groups in total. The van der Waals surface area contributed by atoms with Gasteiger partial charge in [0.05, 0.1) is 14.2 Å². The number of halogens is 1. The smallest absolute Gasteiger partial charge is 0.330 e. The first-order chi connectivity index (χ1) is 7.17. The second kappa shape index (κ2) is 5.50. The number of hydrogen-bond donors (Lipinski definition) is 0. The Balaban J connectivity index is 2.96. The fraction of sp³-hybridized carbons (Fsp3) is 0.200. The van der Waals surface area contributed by atoms with Gasteiger partial charge in [-0.3, -0.25) is 0 Å². The van der Waals surface area contributed by atoms with Crippen LogP contribution in [0.4, 0.5) is 0 Å². The molecule has 1 heterocycles. The predicted octanol–water partition coefficient (Wildman–Crippen LogP) is 2.04. The first kappa shape index (κ1) is 11.7. The number of rotatable bonds is 3. The lowest BCUT2D eigenvalue weighted by Crippen LogP contribution is -1.95.